The fraction of sp³-hybridized carbons (Fsp3) is 0.480. The van der Waals surface area contributed by atoms with Crippen LogP contribution in [0.15, 0.2) is 36.7 Å². The molecule has 2 aliphatic rings. The number of amides is 1. The maximum atomic E-state index is 13.2. The van der Waals surface area contributed by atoms with Gasteiger partial charge in [-0.2, -0.15) is 0 Å². The van der Waals surface area contributed by atoms with Gasteiger partial charge in [-0.3, -0.25) is 9.69 Å². The Labute approximate surface area is 208 Å². The molecule has 1 atom stereocenters. The van der Waals surface area contributed by atoms with E-state index in [4.69, 9.17) is 0 Å². The third-order valence-electron chi connectivity index (χ3n) is 7.28. The molecule has 5 heterocycles. The Kier molecular flexibility index (Phi) is 6.07. The topological polar surface area (TPSA) is 83.3 Å². The molecule has 2 saturated heterocycles. The van der Waals surface area contributed by atoms with Crippen LogP contribution in [0.5, 0.6) is 0 Å². The van der Waals surface area contributed by atoms with Crippen LogP contribution in [0.3, 0.4) is 0 Å². The number of fused-ring (bicyclic) bond motifs is 2. The number of hydrogen-bond donors (Lipinski definition) is 0. The minimum absolute atomic E-state index is 0.219. The molecule has 0 saturated carbocycles. The van der Waals surface area contributed by atoms with Crippen LogP contribution in [0.1, 0.15) is 24.6 Å². The zero-order valence-electron chi connectivity index (χ0n) is 20.0. The van der Waals surface area contributed by atoms with Gasteiger partial charge in [0.15, 0.2) is 0 Å². The molecule has 1 amide bonds. The van der Waals surface area contributed by atoms with Gasteiger partial charge in [-0.15, -0.1) is 16.4 Å². The zero-order valence-corrected chi connectivity index (χ0v) is 20.8. The highest BCUT2D eigenvalue weighted by atomic mass is 32.1. The van der Waals surface area contributed by atoms with E-state index < -0.39 is 0 Å². The number of carbonyl (C=O) groups is 1. The molecule has 2 aliphatic heterocycles. The number of rotatable bonds is 6. The molecule has 2 fully saturated rings. The highest BCUT2D eigenvalue weighted by Gasteiger charge is 2.30. The van der Waals surface area contributed by atoms with Crippen LogP contribution < -0.4 is 4.90 Å². The summed E-state index contributed by atoms with van der Waals surface area (Å²) in [6.07, 6.45) is 4.87. The third kappa shape index (κ3) is 4.36. The lowest BCUT2D eigenvalue weighted by atomic mass is 10.2. The van der Waals surface area contributed by atoms with Crippen LogP contribution in [0, 0.1) is 0 Å². The molecule has 4 aromatic rings. The van der Waals surface area contributed by atoms with Gasteiger partial charge in [-0.25, -0.2) is 14.6 Å². The maximum Gasteiger partial charge on any atom is 0.236 e. The van der Waals surface area contributed by atoms with E-state index in [1.807, 2.05) is 27.8 Å². The number of anilines is 1. The van der Waals surface area contributed by atoms with Crippen LogP contribution in [0.2, 0.25) is 0 Å². The number of aryl methyl sites for hydroxylation is 1. The van der Waals surface area contributed by atoms with Crippen LogP contribution >= 0.6 is 11.3 Å². The van der Waals surface area contributed by atoms with Crippen LogP contribution in [-0.2, 0) is 17.8 Å². The molecule has 0 spiro atoms. The molecular weight excluding hydrogens is 460 g/mol. The van der Waals surface area contributed by atoms with E-state index in [1.54, 1.807) is 17.7 Å². The Hall–Kier alpha value is -3.11. The van der Waals surface area contributed by atoms with Crippen LogP contribution in [0.25, 0.3) is 21.3 Å². The van der Waals surface area contributed by atoms with Crippen LogP contribution in [-0.4, -0.2) is 86.0 Å². The first kappa shape index (κ1) is 22.4. The lowest BCUT2D eigenvalue weighted by Gasteiger charge is -2.36. The first-order valence-electron chi connectivity index (χ1n) is 12.5. The lowest BCUT2D eigenvalue weighted by Crippen LogP contribution is -2.52. The summed E-state index contributed by atoms with van der Waals surface area (Å²) >= 11 is 1.74. The van der Waals surface area contributed by atoms with E-state index in [0.29, 0.717) is 12.6 Å². The molecule has 0 N–H and O–H groups in total. The van der Waals surface area contributed by atoms with Crippen molar-refractivity contribution in [3.8, 4) is 0 Å². The second kappa shape index (κ2) is 9.50. The summed E-state index contributed by atoms with van der Waals surface area (Å²) in [4.78, 5) is 31.3. The van der Waals surface area contributed by atoms with E-state index in [2.05, 4.69) is 49.1 Å². The fourth-order valence-electron chi connectivity index (χ4n) is 5.32. The van der Waals surface area contributed by atoms with Gasteiger partial charge in [0, 0.05) is 37.1 Å². The van der Waals surface area contributed by atoms with Crippen molar-refractivity contribution in [2.45, 2.75) is 38.8 Å². The van der Waals surface area contributed by atoms with E-state index in [-0.39, 0.29) is 5.91 Å². The first-order chi connectivity index (χ1) is 17.2. The van der Waals surface area contributed by atoms with Gasteiger partial charge in [0.2, 0.25) is 5.91 Å². The number of carbonyl (C=O) groups excluding carboxylic acids is 1. The molecule has 10 heteroatoms. The van der Waals surface area contributed by atoms with Crippen molar-refractivity contribution in [3.63, 3.8) is 0 Å². The van der Waals surface area contributed by atoms with Crippen LogP contribution in [0.4, 0.5) is 5.82 Å². The summed E-state index contributed by atoms with van der Waals surface area (Å²) in [5.74, 6) is 1.22. The van der Waals surface area contributed by atoms with Gasteiger partial charge in [0.05, 0.1) is 24.0 Å². The number of para-hydroxylation sites is 1. The second-order valence-electron chi connectivity index (χ2n) is 9.38. The van der Waals surface area contributed by atoms with Crippen molar-refractivity contribution in [2.75, 3.05) is 44.2 Å². The Morgan fingerprint density at radius 3 is 2.83 bits per heavy atom. The Morgan fingerprint density at radius 2 is 1.97 bits per heavy atom. The number of aromatic nitrogens is 5. The summed E-state index contributed by atoms with van der Waals surface area (Å²) in [6.45, 7) is 7.40. The molecule has 6 rings (SSSR count). The molecule has 3 aromatic heterocycles. The van der Waals surface area contributed by atoms with Crippen molar-refractivity contribution in [1.29, 1.82) is 0 Å². The first-order valence-corrected chi connectivity index (χ1v) is 13.3. The SMILES string of the molecule is CCc1cc2c(N3CCN(C(=O)CN4CCC[C@H]4Cn4nnc5ccccc54)CC3)ncnc2s1. The van der Waals surface area contributed by atoms with Crippen molar-refractivity contribution in [1.82, 2.24) is 34.8 Å². The number of likely N-dealkylation sites (tertiary alicyclic amines) is 1. The van der Waals surface area contributed by atoms with E-state index in [9.17, 15) is 4.79 Å². The standard InChI is InChI=1S/C25H30N8OS/c1-2-19-14-20-24(26-17-27-25(20)35-19)31-12-10-30(11-13-31)23(34)16-32-9-5-6-18(32)15-33-22-8-4-3-7-21(22)28-29-33/h3-4,7-8,14,17-18H,2,5-6,9-13,15-16H2,1H3/t18-/m0/s1. The lowest BCUT2D eigenvalue weighted by molar-refractivity contribution is -0.133. The Balaban J connectivity index is 1.08. The minimum atomic E-state index is 0.219. The summed E-state index contributed by atoms with van der Waals surface area (Å²) in [5, 5.41) is 9.77. The van der Waals surface area contributed by atoms with E-state index >= 15 is 0 Å². The highest BCUT2D eigenvalue weighted by Crippen LogP contribution is 2.31. The second-order valence-corrected chi connectivity index (χ2v) is 10.5. The van der Waals surface area contributed by atoms with Gasteiger partial charge in [-0.05, 0) is 44.0 Å². The predicted molar refractivity (Wildman–Crippen MR) is 138 cm³/mol. The van der Waals surface area contributed by atoms with Gasteiger partial charge < -0.3 is 9.80 Å². The monoisotopic (exact) mass is 490 g/mol. The molecule has 0 unspecified atom stereocenters. The van der Waals surface area contributed by atoms with Gasteiger partial charge >= 0.3 is 0 Å². The summed E-state index contributed by atoms with van der Waals surface area (Å²) < 4.78 is 1.98. The average Bonchev–Trinajstić information content (AvgIpc) is 3.63. The average molecular weight is 491 g/mol. The molecule has 9 nitrogen and oxygen atoms in total. The largest absolute Gasteiger partial charge is 0.352 e. The van der Waals surface area contributed by atoms with Crippen molar-refractivity contribution < 1.29 is 4.79 Å². The predicted octanol–water partition coefficient (Wildman–Crippen LogP) is 2.81. The Bertz CT molecular complexity index is 1340. The van der Waals surface area contributed by atoms with Gasteiger partial charge in [0.25, 0.3) is 0 Å². The van der Waals surface area contributed by atoms with E-state index in [1.165, 1.54) is 4.88 Å². The summed E-state index contributed by atoms with van der Waals surface area (Å²) in [6, 6.07) is 10.6. The van der Waals surface area contributed by atoms with Crippen molar-refractivity contribution in [3.05, 3.63) is 41.5 Å². The number of piperazine rings is 1. The fourth-order valence-corrected chi connectivity index (χ4v) is 6.25. The molecular formula is C25H30N8OS. The summed E-state index contributed by atoms with van der Waals surface area (Å²) in [5.41, 5.74) is 1.97. The number of nitrogens with zero attached hydrogens (tertiary/aromatic N) is 8. The van der Waals surface area contributed by atoms with Gasteiger partial charge in [-0.1, -0.05) is 24.3 Å². The number of hydrogen-bond acceptors (Lipinski definition) is 8. The smallest absolute Gasteiger partial charge is 0.236 e. The quantitative estimate of drug-likeness (QED) is 0.411. The molecule has 0 radical (unpaired) electrons. The molecule has 1 aromatic carbocycles. The number of thiophene rings is 1. The van der Waals surface area contributed by atoms with Gasteiger partial charge in [0.1, 0.15) is 22.5 Å². The maximum absolute atomic E-state index is 13.2. The number of benzene rings is 1. The molecule has 182 valence electrons. The van der Waals surface area contributed by atoms with Crippen molar-refractivity contribution in [2.24, 2.45) is 0 Å². The minimum Gasteiger partial charge on any atom is -0.352 e. The summed E-state index contributed by atoms with van der Waals surface area (Å²) in [7, 11) is 0. The Morgan fingerprint density at radius 1 is 1.11 bits per heavy atom. The van der Waals surface area contributed by atoms with Crippen molar-refractivity contribution >= 4 is 44.3 Å². The normalized spacial score (nSPS) is 19.3. The van der Waals surface area contributed by atoms with E-state index in [0.717, 1.165) is 85.6 Å². The highest BCUT2D eigenvalue weighted by molar-refractivity contribution is 7.18. The molecule has 0 aliphatic carbocycles. The molecule has 35 heavy (non-hydrogen) atoms. The third-order valence-corrected chi connectivity index (χ3v) is 8.47. The molecule has 0 bridgehead atoms. The zero-order chi connectivity index (χ0) is 23.8.